The summed E-state index contributed by atoms with van der Waals surface area (Å²) < 4.78 is 7.27. The summed E-state index contributed by atoms with van der Waals surface area (Å²) in [7, 11) is 1.90. The third-order valence-electron chi connectivity index (χ3n) is 3.10. The van der Waals surface area contributed by atoms with Crippen molar-refractivity contribution in [2.75, 3.05) is 13.2 Å². The van der Waals surface area contributed by atoms with Gasteiger partial charge >= 0.3 is 6.09 Å². The van der Waals surface area contributed by atoms with E-state index in [1.165, 1.54) is 0 Å². The first-order chi connectivity index (χ1) is 8.81. The van der Waals surface area contributed by atoms with E-state index in [9.17, 15) is 9.90 Å². The van der Waals surface area contributed by atoms with Gasteiger partial charge in [0.05, 0.1) is 25.2 Å². The fraction of sp³-hybridized carbons (Fsp3) is 0.692. The number of nitrogens with zero attached hydrogens (tertiary/aromatic N) is 3. The number of aromatic nitrogens is 2. The molecule has 2 rings (SSSR count). The standard InChI is InChI=1S/C13H21N3O3/c1-13(2,3)19-12(18)16-5-9(7-17)11-10(6-16)14-8-15(11)4/h8-9,17H,5-7H2,1-4H3. The van der Waals surface area contributed by atoms with Gasteiger partial charge in [-0.25, -0.2) is 9.78 Å². The minimum absolute atomic E-state index is 0.00810. The van der Waals surface area contributed by atoms with Crippen LogP contribution in [0.4, 0.5) is 4.79 Å². The van der Waals surface area contributed by atoms with E-state index in [0.29, 0.717) is 13.1 Å². The maximum Gasteiger partial charge on any atom is 0.410 e. The Morgan fingerprint density at radius 3 is 2.84 bits per heavy atom. The minimum Gasteiger partial charge on any atom is -0.444 e. The molecule has 1 aromatic heterocycles. The highest BCUT2D eigenvalue weighted by Crippen LogP contribution is 2.27. The van der Waals surface area contributed by atoms with Crippen molar-refractivity contribution in [1.82, 2.24) is 14.5 Å². The van der Waals surface area contributed by atoms with E-state index < -0.39 is 5.60 Å². The largest absolute Gasteiger partial charge is 0.444 e. The van der Waals surface area contributed by atoms with Crippen LogP contribution in [0.25, 0.3) is 0 Å². The lowest BCUT2D eigenvalue weighted by Gasteiger charge is -2.33. The van der Waals surface area contributed by atoms with Gasteiger partial charge in [0, 0.05) is 25.2 Å². The number of fused-ring (bicyclic) bond motifs is 1. The minimum atomic E-state index is -0.518. The van der Waals surface area contributed by atoms with Crippen LogP contribution in [0.5, 0.6) is 0 Å². The molecular formula is C13H21N3O3. The Labute approximate surface area is 113 Å². The van der Waals surface area contributed by atoms with Gasteiger partial charge in [0.1, 0.15) is 5.60 Å². The first-order valence-electron chi connectivity index (χ1n) is 6.40. The number of aryl methyl sites for hydroxylation is 1. The van der Waals surface area contributed by atoms with Gasteiger partial charge in [0.15, 0.2) is 0 Å². The quantitative estimate of drug-likeness (QED) is 0.831. The first kappa shape index (κ1) is 13.9. The molecule has 0 saturated heterocycles. The molecule has 1 N–H and O–H groups in total. The van der Waals surface area contributed by atoms with Crippen molar-refractivity contribution in [2.45, 2.75) is 38.8 Å². The van der Waals surface area contributed by atoms with Crippen LogP contribution < -0.4 is 0 Å². The van der Waals surface area contributed by atoms with Crippen molar-refractivity contribution in [2.24, 2.45) is 7.05 Å². The van der Waals surface area contributed by atoms with Crippen molar-refractivity contribution in [1.29, 1.82) is 0 Å². The summed E-state index contributed by atoms with van der Waals surface area (Å²) in [5.74, 6) is -0.108. The molecule has 6 nitrogen and oxygen atoms in total. The van der Waals surface area contributed by atoms with Gasteiger partial charge < -0.3 is 19.3 Å². The maximum absolute atomic E-state index is 12.1. The maximum atomic E-state index is 12.1. The van der Waals surface area contributed by atoms with Gasteiger partial charge in [0.2, 0.25) is 0 Å². The van der Waals surface area contributed by atoms with E-state index in [2.05, 4.69) is 4.98 Å². The average Bonchev–Trinajstić information content (AvgIpc) is 2.68. The Morgan fingerprint density at radius 1 is 1.58 bits per heavy atom. The number of aliphatic hydroxyl groups is 1. The van der Waals surface area contributed by atoms with Crippen LogP contribution in [0, 0.1) is 0 Å². The van der Waals surface area contributed by atoms with Crippen LogP contribution in [0.15, 0.2) is 6.33 Å². The predicted octanol–water partition coefficient (Wildman–Crippen LogP) is 1.25. The van der Waals surface area contributed by atoms with E-state index in [4.69, 9.17) is 4.74 Å². The molecule has 19 heavy (non-hydrogen) atoms. The van der Waals surface area contributed by atoms with Crippen LogP contribution in [-0.2, 0) is 18.3 Å². The molecule has 0 radical (unpaired) electrons. The number of hydrogen-bond acceptors (Lipinski definition) is 4. The molecule has 0 aromatic carbocycles. The molecule has 1 amide bonds. The highest BCUT2D eigenvalue weighted by molar-refractivity contribution is 5.68. The third kappa shape index (κ3) is 2.89. The summed E-state index contributed by atoms with van der Waals surface area (Å²) >= 11 is 0. The van der Waals surface area contributed by atoms with Crippen LogP contribution in [0.2, 0.25) is 0 Å². The second-order valence-corrected chi connectivity index (χ2v) is 5.93. The van der Waals surface area contributed by atoms with Crippen LogP contribution in [0.1, 0.15) is 38.1 Å². The van der Waals surface area contributed by atoms with Crippen molar-refractivity contribution in [3.05, 3.63) is 17.7 Å². The first-order valence-corrected chi connectivity index (χ1v) is 6.40. The van der Waals surface area contributed by atoms with Crippen molar-refractivity contribution >= 4 is 6.09 Å². The topological polar surface area (TPSA) is 67.6 Å². The summed E-state index contributed by atoms with van der Waals surface area (Å²) in [6, 6.07) is 0. The van der Waals surface area contributed by atoms with Crippen molar-refractivity contribution < 1.29 is 14.6 Å². The van der Waals surface area contributed by atoms with Gasteiger partial charge in [0.25, 0.3) is 0 Å². The summed E-state index contributed by atoms with van der Waals surface area (Å²) in [6.07, 6.45) is 1.36. The molecule has 1 aliphatic heterocycles. The average molecular weight is 267 g/mol. The highest BCUT2D eigenvalue weighted by atomic mass is 16.6. The lowest BCUT2D eigenvalue weighted by atomic mass is 9.99. The van der Waals surface area contributed by atoms with Crippen molar-refractivity contribution in [3.8, 4) is 0 Å². The monoisotopic (exact) mass is 267 g/mol. The number of aliphatic hydroxyl groups excluding tert-OH is 1. The van der Waals surface area contributed by atoms with E-state index in [-0.39, 0.29) is 18.6 Å². The van der Waals surface area contributed by atoms with E-state index in [1.54, 1.807) is 11.2 Å². The number of imidazole rings is 1. The summed E-state index contributed by atoms with van der Waals surface area (Å²) in [5.41, 5.74) is 1.32. The fourth-order valence-corrected chi connectivity index (χ4v) is 2.34. The highest BCUT2D eigenvalue weighted by Gasteiger charge is 2.33. The smallest absolute Gasteiger partial charge is 0.410 e. The van der Waals surface area contributed by atoms with Gasteiger partial charge in [-0.1, -0.05) is 0 Å². The van der Waals surface area contributed by atoms with Gasteiger partial charge in [-0.15, -0.1) is 0 Å². The van der Waals surface area contributed by atoms with E-state index in [1.807, 2.05) is 32.4 Å². The molecule has 0 aliphatic carbocycles. The zero-order valence-electron chi connectivity index (χ0n) is 11.9. The molecular weight excluding hydrogens is 246 g/mol. The number of amides is 1. The number of ether oxygens (including phenoxy) is 1. The Hall–Kier alpha value is -1.56. The van der Waals surface area contributed by atoms with Gasteiger partial charge in [-0.05, 0) is 20.8 Å². The summed E-state index contributed by atoms with van der Waals surface area (Å²) in [4.78, 5) is 18.0. The molecule has 2 heterocycles. The Kier molecular flexibility index (Phi) is 3.54. The van der Waals surface area contributed by atoms with Gasteiger partial charge in [-0.2, -0.15) is 0 Å². The van der Waals surface area contributed by atoms with Crippen LogP contribution >= 0.6 is 0 Å². The Morgan fingerprint density at radius 2 is 2.26 bits per heavy atom. The van der Waals surface area contributed by atoms with E-state index >= 15 is 0 Å². The van der Waals surface area contributed by atoms with Crippen molar-refractivity contribution in [3.63, 3.8) is 0 Å². The number of rotatable bonds is 1. The van der Waals surface area contributed by atoms with Gasteiger partial charge in [-0.3, -0.25) is 0 Å². The zero-order chi connectivity index (χ0) is 14.2. The molecule has 106 valence electrons. The SMILES string of the molecule is Cn1cnc2c1C(CO)CN(C(=O)OC(C)(C)C)C2. The lowest BCUT2D eigenvalue weighted by molar-refractivity contribution is 0.0185. The molecule has 0 fully saturated rings. The number of hydrogen-bond donors (Lipinski definition) is 1. The molecule has 1 unspecified atom stereocenters. The Balaban J connectivity index is 2.18. The van der Waals surface area contributed by atoms with Crippen LogP contribution in [-0.4, -0.2) is 44.4 Å². The third-order valence-corrected chi connectivity index (χ3v) is 3.10. The second kappa shape index (κ2) is 4.85. The Bertz CT molecular complexity index is 476. The predicted molar refractivity (Wildman–Crippen MR) is 69.7 cm³/mol. The zero-order valence-corrected chi connectivity index (χ0v) is 11.9. The number of carbonyl (C=O) groups is 1. The summed E-state index contributed by atoms with van der Waals surface area (Å²) in [5, 5.41) is 9.49. The molecule has 0 bridgehead atoms. The molecule has 0 spiro atoms. The molecule has 1 atom stereocenters. The molecule has 1 aliphatic rings. The van der Waals surface area contributed by atoms with E-state index in [0.717, 1.165) is 11.4 Å². The second-order valence-electron chi connectivity index (χ2n) is 5.93. The lowest BCUT2D eigenvalue weighted by Crippen LogP contribution is -2.42. The van der Waals surface area contributed by atoms with Crippen LogP contribution in [0.3, 0.4) is 0 Å². The molecule has 6 heteroatoms. The summed E-state index contributed by atoms with van der Waals surface area (Å²) in [6.45, 7) is 6.39. The fourth-order valence-electron chi connectivity index (χ4n) is 2.34. The number of carbonyl (C=O) groups excluding carboxylic acids is 1. The molecule has 1 aromatic rings. The molecule has 0 saturated carbocycles. The normalized spacial score (nSPS) is 19.2.